The Morgan fingerprint density at radius 1 is 1.12 bits per heavy atom. The Bertz CT molecular complexity index is 693. The highest BCUT2D eigenvalue weighted by Crippen LogP contribution is 2.18. The number of anilines is 1. The Kier molecular flexibility index (Phi) is 7.64. The molecule has 1 amide bonds. The van der Waals surface area contributed by atoms with Crippen molar-refractivity contribution >= 4 is 11.6 Å². The van der Waals surface area contributed by atoms with E-state index in [9.17, 15) is 4.79 Å². The van der Waals surface area contributed by atoms with Gasteiger partial charge in [0.25, 0.3) is 0 Å². The zero-order valence-corrected chi connectivity index (χ0v) is 14.1. The summed E-state index contributed by atoms with van der Waals surface area (Å²) < 4.78 is 0. The second kappa shape index (κ2) is 10.2. The van der Waals surface area contributed by atoms with E-state index < -0.39 is 0 Å². The molecule has 0 saturated heterocycles. The van der Waals surface area contributed by atoms with Crippen LogP contribution in [0.5, 0.6) is 0 Å². The molecule has 2 aromatic carbocycles. The summed E-state index contributed by atoms with van der Waals surface area (Å²) in [6.07, 6.45) is 1.88. The van der Waals surface area contributed by atoms with E-state index in [0.717, 1.165) is 12.0 Å². The van der Waals surface area contributed by atoms with Gasteiger partial charge in [-0.15, -0.1) is 0 Å². The third-order valence-electron chi connectivity index (χ3n) is 3.89. The Balaban J connectivity index is 1.81. The second-order valence-corrected chi connectivity index (χ2v) is 5.77. The number of nitrogens with one attached hydrogen (secondary N) is 2. The molecule has 5 nitrogen and oxygen atoms in total. The lowest BCUT2D eigenvalue weighted by atomic mass is 10.0. The molecule has 3 N–H and O–H groups in total. The normalized spacial score (nSPS) is 11.5. The fourth-order valence-corrected chi connectivity index (χ4v) is 2.58. The van der Waals surface area contributed by atoms with Crippen molar-refractivity contribution in [3.05, 3.63) is 65.7 Å². The van der Waals surface area contributed by atoms with Gasteiger partial charge in [-0.05, 0) is 42.7 Å². The van der Waals surface area contributed by atoms with Crippen LogP contribution >= 0.6 is 0 Å². The standard InChI is InChI=1S/C20H23N3O2/c21-15-16-8-10-18(11-9-16)23-20(25)12-13-22-19(7-4-14-24)17-5-2-1-3-6-17/h1-3,5-6,8-11,19,22,24H,4,7,12-14H2,(H,23,25). The van der Waals surface area contributed by atoms with E-state index in [-0.39, 0.29) is 18.6 Å². The molecule has 130 valence electrons. The van der Waals surface area contributed by atoms with Gasteiger partial charge in [-0.1, -0.05) is 30.3 Å². The predicted molar refractivity (Wildman–Crippen MR) is 97.9 cm³/mol. The van der Waals surface area contributed by atoms with Crippen molar-refractivity contribution in [2.45, 2.75) is 25.3 Å². The van der Waals surface area contributed by atoms with Crippen LogP contribution in [-0.2, 0) is 4.79 Å². The molecule has 2 rings (SSSR count). The summed E-state index contributed by atoms with van der Waals surface area (Å²) in [7, 11) is 0. The summed E-state index contributed by atoms with van der Waals surface area (Å²) >= 11 is 0. The summed E-state index contributed by atoms with van der Waals surface area (Å²) in [5.41, 5.74) is 2.40. The summed E-state index contributed by atoms with van der Waals surface area (Å²) in [6, 6.07) is 19.0. The van der Waals surface area contributed by atoms with Gasteiger partial charge in [-0.2, -0.15) is 5.26 Å². The number of nitrogens with zero attached hydrogens (tertiary/aromatic N) is 1. The maximum Gasteiger partial charge on any atom is 0.225 e. The molecule has 0 radical (unpaired) electrons. The minimum Gasteiger partial charge on any atom is -0.396 e. The van der Waals surface area contributed by atoms with E-state index in [2.05, 4.69) is 10.6 Å². The Hall–Kier alpha value is -2.68. The summed E-state index contributed by atoms with van der Waals surface area (Å²) in [4.78, 5) is 12.0. The maximum absolute atomic E-state index is 12.0. The topological polar surface area (TPSA) is 85.2 Å². The van der Waals surface area contributed by atoms with Gasteiger partial charge < -0.3 is 15.7 Å². The van der Waals surface area contributed by atoms with Crippen molar-refractivity contribution in [3.63, 3.8) is 0 Å². The van der Waals surface area contributed by atoms with Crippen LogP contribution in [-0.4, -0.2) is 24.2 Å². The molecule has 0 spiro atoms. The van der Waals surface area contributed by atoms with E-state index in [1.807, 2.05) is 36.4 Å². The van der Waals surface area contributed by atoms with Crippen molar-refractivity contribution in [1.29, 1.82) is 5.26 Å². The molecule has 1 unspecified atom stereocenters. The molecule has 0 aliphatic heterocycles. The molecule has 0 aliphatic rings. The highest BCUT2D eigenvalue weighted by molar-refractivity contribution is 5.90. The quantitative estimate of drug-likeness (QED) is 0.657. The molecular weight excluding hydrogens is 314 g/mol. The number of rotatable bonds is 9. The van der Waals surface area contributed by atoms with Crippen LogP contribution in [0.2, 0.25) is 0 Å². The summed E-state index contributed by atoms with van der Waals surface area (Å²) in [5, 5.41) is 24.1. The van der Waals surface area contributed by atoms with Gasteiger partial charge in [-0.25, -0.2) is 0 Å². The largest absolute Gasteiger partial charge is 0.396 e. The van der Waals surface area contributed by atoms with Crippen LogP contribution in [0.3, 0.4) is 0 Å². The molecule has 5 heteroatoms. The summed E-state index contributed by atoms with van der Waals surface area (Å²) in [6.45, 7) is 0.706. The van der Waals surface area contributed by atoms with Gasteiger partial charge >= 0.3 is 0 Å². The fourth-order valence-electron chi connectivity index (χ4n) is 2.58. The number of benzene rings is 2. The number of amides is 1. The van der Waals surface area contributed by atoms with Crippen LogP contribution in [0.15, 0.2) is 54.6 Å². The van der Waals surface area contributed by atoms with Crippen LogP contribution < -0.4 is 10.6 Å². The van der Waals surface area contributed by atoms with Crippen LogP contribution in [0.1, 0.15) is 36.4 Å². The van der Waals surface area contributed by atoms with E-state index in [1.165, 1.54) is 0 Å². The third kappa shape index (κ3) is 6.38. The van der Waals surface area contributed by atoms with Gasteiger partial charge in [0.1, 0.15) is 0 Å². The molecular formula is C20H23N3O2. The second-order valence-electron chi connectivity index (χ2n) is 5.77. The molecule has 0 aliphatic carbocycles. The lowest BCUT2D eigenvalue weighted by molar-refractivity contribution is -0.116. The number of hydrogen-bond donors (Lipinski definition) is 3. The van der Waals surface area contributed by atoms with E-state index in [0.29, 0.717) is 30.6 Å². The number of aliphatic hydroxyl groups is 1. The number of nitriles is 1. The van der Waals surface area contributed by atoms with Gasteiger partial charge in [0.15, 0.2) is 0 Å². The molecule has 0 bridgehead atoms. The van der Waals surface area contributed by atoms with Gasteiger partial charge in [0, 0.05) is 31.3 Å². The Labute approximate surface area is 148 Å². The number of carbonyl (C=O) groups excluding carboxylic acids is 1. The zero-order chi connectivity index (χ0) is 17.9. The summed E-state index contributed by atoms with van der Waals surface area (Å²) in [5.74, 6) is -0.0776. The van der Waals surface area contributed by atoms with Crippen molar-refractivity contribution in [3.8, 4) is 6.07 Å². The monoisotopic (exact) mass is 337 g/mol. The van der Waals surface area contributed by atoms with E-state index >= 15 is 0 Å². The van der Waals surface area contributed by atoms with Gasteiger partial charge in [0.2, 0.25) is 5.91 Å². The average Bonchev–Trinajstić information content (AvgIpc) is 2.66. The van der Waals surface area contributed by atoms with Gasteiger partial charge in [-0.3, -0.25) is 4.79 Å². The zero-order valence-electron chi connectivity index (χ0n) is 14.1. The number of carbonyl (C=O) groups is 1. The molecule has 0 aromatic heterocycles. The SMILES string of the molecule is N#Cc1ccc(NC(=O)CCNC(CCCO)c2ccccc2)cc1. The maximum atomic E-state index is 12.0. The van der Waals surface area contributed by atoms with Crippen molar-refractivity contribution < 1.29 is 9.90 Å². The molecule has 0 fully saturated rings. The number of hydrogen-bond acceptors (Lipinski definition) is 4. The molecule has 2 aromatic rings. The lowest BCUT2D eigenvalue weighted by Gasteiger charge is -2.19. The predicted octanol–water partition coefficient (Wildman–Crippen LogP) is 2.99. The number of aliphatic hydroxyl groups excluding tert-OH is 1. The highest BCUT2D eigenvalue weighted by Gasteiger charge is 2.11. The smallest absolute Gasteiger partial charge is 0.225 e. The Morgan fingerprint density at radius 3 is 2.48 bits per heavy atom. The average molecular weight is 337 g/mol. The first-order valence-electron chi connectivity index (χ1n) is 8.42. The van der Waals surface area contributed by atoms with Gasteiger partial charge in [0.05, 0.1) is 11.6 Å². The van der Waals surface area contributed by atoms with E-state index in [1.54, 1.807) is 24.3 Å². The molecule has 0 heterocycles. The Morgan fingerprint density at radius 2 is 1.84 bits per heavy atom. The molecule has 1 atom stereocenters. The van der Waals surface area contributed by atoms with Crippen LogP contribution in [0.25, 0.3) is 0 Å². The van der Waals surface area contributed by atoms with Crippen molar-refractivity contribution in [2.24, 2.45) is 0 Å². The molecule has 25 heavy (non-hydrogen) atoms. The highest BCUT2D eigenvalue weighted by atomic mass is 16.2. The third-order valence-corrected chi connectivity index (χ3v) is 3.89. The first-order chi connectivity index (χ1) is 12.2. The minimum absolute atomic E-state index is 0.0776. The lowest BCUT2D eigenvalue weighted by Crippen LogP contribution is -2.26. The van der Waals surface area contributed by atoms with E-state index in [4.69, 9.17) is 10.4 Å². The van der Waals surface area contributed by atoms with Crippen LogP contribution in [0.4, 0.5) is 5.69 Å². The van der Waals surface area contributed by atoms with Crippen LogP contribution in [0, 0.1) is 11.3 Å². The van der Waals surface area contributed by atoms with Crippen molar-refractivity contribution in [2.75, 3.05) is 18.5 Å². The minimum atomic E-state index is -0.0776. The van der Waals surface area contributed by atoms with Crippen molar-refractivity contribution in [1.82, 2.24) is 5.32 Å². The fraction of sp³-hybridized carbons (Fsp3) is 0.300. The first kappa shape index (κ1) is 18.7. The molecule has 0 saturated carbocycles. The first-order valence-corrected chi connectivity index (χ1v) is 8.42.